The molecule has 1 aromatic heterocycles. The van der Waals surface area contributed by atoms with Crippen molar-refractivity contribution in [3.05, 3.63) is 74.5 Å². The number of hydrogen-bond donors (Lipinski definition) is 2. The third-order valence-electron chi connectivity index (χ3n) is 4.79. The Morgan fingerprint density at radius 2 is 1.77 bits per heavy atom. The van der Waals surface area contributed by atoms with Crippen LogP contribution in [0.25, 0.3) is 5.69 Å². The van der Waals surface area contributed by atoms with E-state index < -0.39 is 5.97 Å². The second-order valence-corrected chi connectivity index (χ2v) is 7.95. The molecule has 0 radical (unpaired) electrons. The summed E-state index contributed by atoms with van der Waals surface area (Å²) in [5, 5.41) is 17.9. The number of urea groups is 1. The Balaban J connectivity index is 1.61. The van der Waals surface area contributed by atoms with Crippen molar-refractivity contribution in [3.63, 3.8) is 0 Å². The van der Waals surface area contributed by atoms with Gasteiger partial charge in [0.1, 0.15) is 0 Å². The van der Waals surface area contributed by atoms with Crippen LogP contribution in [0.4, 0.5) is 10.5 Å². The lowest BCUT2D eigenvalue weighted by molar-refractivity contribution is 0.0687. The molecule has 2 amide bonds. The summed E-state index contributed by atoms with van der Waals surface area (Å²) in [6.45, 7) is 0.524. The highest BCUT2D eigenvalue weighted by Gasteiger charge is 2.30. The van der Waals surface area contributed by atoms with Gasteiger partial charge in [0.15, 0.2) is 5.69 Å². The van der Waals surface area contributed by atoms with Crippen molar-refractivity contribution in [2.24, 2.45) is 0 Å². The quantitative estimate of drug-likeness (QED) is 0.562. The maximum Gasteiger partial charge on any atom is 0.356 e. The summed E-state index contributed by atoms with van der Waals surface area (Å²) >= 11 is 17.8. The molecule has 0 bridgehead atoms. The van der Waals surface area contributed by atoms with E-state index in [1.54, 1.807) is 47.1 Å². The number of hydrogen-bond acceptors (Lipinski definition) is 3. The van der Waals surface area contributed by atoms with Gasteiger partial charge < -0.3 is 15.3 Å². The van der Waals surface area contributed by atoms with Crippen molar-refractivity contribution < 1.29 is 14.7 Å². The normalized spacial score (nSPS) is 13.1. The van der Waals surface area contributed by atoms with E-state index in [2.05, 4.69) is 10.4 Å². The molecule has 0 saturated carbocycles. The SMILES string of the molecule is O=C(O)c1nn(-c2ccc(Cl)cc2)c2c1CN(C(=O)Nc1ccc(Cl)c(Cl)c1)CC2. The van der Waals surface area contributed by atoms with E-state index in [0.717, 1.165) is 5.69 Å². The first-order chi connectivity index (χ1) is 14.3. The average Bonchev–Trinajstić information content (AvgIpc) is 3.10. The molecule has 2 aromatic carbocycles. The number of aromatic carboxylic acids is 1. The number of amides is 2. The minimum Gasteiger partial charge on any atom is -0.476 e. The summed E-state index contributed by atoms with van der Waals surface area (Å²) in [4.78, 5) is 26.0. The second kappa shape index (κ2) is 8.18. The number of nitrogens with one attached hydrogen (secondary N) is 1. The summed E-state index contributed by atoms with van der Waals surface area (Å²) in [6, 6.07) is 11.4. The summed E-state index contributed by atoms with van der Waals surface area (Å²) in [5.41, 5.74) is 2.39. The highest BCUT2D eigenvalue weighted by Crippen LogP contribution is 2.28. The van der Waals surface area contributed by atoms with Crippen LogP contribution in [0.15, 0.2) is 42.5 Å². The van der Waals surface area contributed by atoms with Gasteiger partial charge in [0.25, 0.3) is 0 Å². The van der Waals surface area contributed by atoms with Crippen molar-refractivity contribution in [1.82, 2.24) is 14.7 Å². The van der Waals surface area contributed by atoms with Crippen LogP contribution in [0.2, 0.25) is 15.1 Å². The zero-order valence-electron chi connectivity index (χ0n) is 15.4. The van der Waals surface area contributed by atoms with E-state index >= 15 is 0 Å². The van der Waals surface area contributed by atoms with Crippen LogP contribution in [-0.2, 0) is 13.0 Å². The van der Waals surface area contributed by atoms with Crippen LogP contribution in [-0.4, -0.2) is 38.3 Å². The van der Waals surface area contributed by atoms with Gasteiger partial charge in [-0.05, 0) is 42.5 Å². The standard InChI is InChI=1S/C20H15Cl3N4O3/c21-11-1-4-13(5-2-11)27-17-7-8-26(10-14(17)18(25-27)19(28)29)20(30)24-12-3-6-15(22)16(23)9-12/h1-6,9H,7-8,10H2,(H,24,30)(H,28,29). The smallest absolute Gasteiger partial charge is 0.356 e. The first kappa shape index (κ1) is 20.5. The first-order valence-electron chi connectivity index (χ1n) is 8.94. The Labute approximate surface area is 186 Å². The van der Waals surface area contributed by atoms with E-state index in [9.17, 15) is 14.7 Å². The largest absolute Gasteiger partial charge is 0.476 e. The molecule has 2 heterocycles. The number of halogens is 3. The van der Waals surface area contributed by atoms with Crippen molar-refractivity contribution in [2.75, 3.05) is 11.9 Å². The fourth-order valence-corrected chi connectivity index (χ4v) is 3.76. The third kappa shape index (κ3) is 3.96. The van der Waals surface area contributed by atoms with Crippen LogP contribution in [0.3, 0.4) is 0 Å². The topological polar surface area (TPSA) is 87.5 Å². The van der Waals surface area contributed by atoms with E-state index in [4.69, 9.17) is 34.8 Å². The Hall–Kier alpha value is -2.74. The average molecular weight is 466 g/mol. The molecule has 4 rings (SSSR count). The first-order valence-corrected chi connectivity index (χ1v) is 10.1. The van der Waals surface area contributed by atoms with Gasteiger partial charge in [-0.1, -0.05) is 34.8 Å². The van der Waals surface area contributed by atoms with E-state index in [1.165, 1.54) is 4.90 Å². The summed E-state index contributed by atoms with van der Waals surface area (Å²) in [5.74, 6) is -1.15. The van der Waals surface area contributed by atoms with Gasteiger partial charge in [0.2, 0.25) is 0 Å². The summed E-state index contributed by atoms with van der Waals surface area (Å²) < 4.78 is 1.60. The Bertz CT molecular complexity index is 1140. The highest BCUT2D eigenvalue weighted by atomic mass is 35.5. The zero-order valence-corrected chi connectivity index (χ0v) is 17.7. The van der Waals surface area contributed by atoms with E-state index in [1.807, 2.05) is 0 Å². The number of carbonyl (C=O) groups excluding carboxylic acids is 1. The zero-order chi connectivity index (χ0) is 21.4. The number of anilines is 1. The monoisotopic (exact) mass is 464 g/mol. The minimum atomic E-state index is -1.15. The predicted octanol–water partition coefficient (Wildman–Crippen LogP) is 5.12. The number of rotatable bonds is 3. The molecular formula is C20H15Cl3N4O3. The van der Waals surface area contributed by atoms with Crippen molar-refractivity contribution >= 4 is 52.5 Å². The Morgan fingerprint density at radius 1 is 1.03 bits per heavy atom. The van der Waals surface area contributed by atoms with Crippen LogP contribution < -0.4 is 5.32 Å². The Morgan fingerprint density at radius 3 is 2.43 bits per heavy atom. The highest BCUT2D eigenvalue weighted by molar-refractivity contribution is 6.42. The number of carboxylic acid groups (broad SMARTS) is 1. The molecule has 0 saturated heterocycles. The molecule has 0 spiro atoms. The molecule has 30 heavy (non-hydrogen) atoms. The molecule has 3 aromatic rings. The maximum atomic E-state index is 12.7. The fourth-order valence-electron chi connectivity index (χ4n) is 3.34. The molecule has 154 valence electrons. The van der Waals surface area contributed by atoms with Crippen LogP contribution in [0, 0.1) is 0 Å². The number of nitrogens with zero attached hydrogens (tertiary/aromatic N) is 3. The molecule has 0 atom stereocenters. The van der Waals surface area contributed by atoms with Crippen LogP contribution in [0.1, 0.15) is 21.7 Å². The van der Waals surface area contributed by atoms with Gasteiger partial charge in [0.05, 0.1) is 28.0 Å². The number of carbonyl (C=O) groups is 2. The van der Waals surface area contributed by atoms with E-state index in [-0.39, 0.29) is 18.3 Å². The van der Waals surface area contributed by atoms with Gasteiger partial charge in [-0.2, -0.15) is 5.10 Å². The fraction of sp³-hybridized carbons (Fsp3) is 0.150. The lowest BCUT2D eigenvalue weighted by atomic mass is 10.1. The lowest BCUT2D eigenvalue weighted by Crippen LogP contribution is -2.39. The minimum absolute atomic E-state index is 0.0769. The molecular weight excluding hydrogens is 451 g/mol. The number of aromatic nitrogens is 2. The number of carboxylic acids is 1. The Kier molecular flexibility index (Phi) is 5.60. The molecule has 0 aliphatic carbocycles. The number of benzene rings is 2. The van der Waals surface area contributed by atoms with E-state index in [0.29, 0.717) is 45.0 Å². The molecule has 0 unspecified atom stereocenters. The lowest BCUT2D eigenvalue weighted by Gasteiger charge is -2.28. The van der Waals surface area contributed by atoms with Crippen molar-refractivity contribution in [1.29, 1.82) is 0 Å². The molecule has 1 aliphatic heterocycles. The third-order valence-corrected chi connectivity index (χ3v) is 5.78. The maximum absolute atomic E-state index is 12.7. The van der Waals surface area contributed by atoms with Crippen LogP contribution >= 0.6 is 34.8 Å². The van der Waals surface area contributed by atoms with Crippen molar-refractivity contribution in [2.45, 2.75) is 13.0 Å². The predicted molar refractivity (Wildman–Crippen MR) is 115 cm³/mol. The summed E-state index contributed by atoms with van der Waals surface area (Å²) in [7, 11) is 0. The summed E-state index contributed by atoms with van der Waals surface area (Å²) in [6.07, 6.45) is 0.451. The van der Waals surface area contributed by atoms with Gasteiger partial charge in [0, 0.05) is 29.2 Å². The van der Waals surface area contributed by atoms with Gasteiger partial charge >= 0.3 is 12.0 Å². The number of fused-ring (bicyclic) bond motifs is 1. The second-order valence-electron chi connectivity index (χ2n) is 6.70. The van der Waals surface area contributed by atoms with Gasteiger partial charge in [-0.25, -0.2) is 14.3 Å². The van der Waals surface area contributed by atoms with Gasteiger partial charge in [-0.15, -0.1) is 0 Å². The molecule has 2 N–H and O–H groups in total. The van der Waals surface area contributed by atoms with Gasteiger partial charge in [-0.3, -0.25) is 0 Å². The molecule has 0 fully saturated rings. The molecule has 10 heteroatoms. The van der Waals surface area contributed by atoms with Crippen molar-refractivity contribution in [3.8, 4) is 5.69 Å². The van der Waals surface area contributed by atoms with Crippen LogP contribution in [0.5, 0.6) is 0 Å². The molecule has 7 nitrogen and oxygen atoms in total. The molecule has 1 aliphatic rings.